The molecule has 0 aliphatic carbocycles. The third-order valence-electron chi connectivity index (χ3n) is 2.05. The Morgan fingerprint density at radius 2 is 2.27 bits per heavy atom. The second-order valence-electron chi connectivity index (χ2n) is 3.14. The maximum atomic E-state index is 8.41. The molecule has 0 atom stereocenters. The molecule has 0 unspecified atom stereocenters. The smallest absolute Gasteiger partial charge is 0.137 e. The van der Waals surface area contributed by atoms with Crippen LogP contribution in [-0.4, -0.2) is 13.7 Å². The van der Waals surface area contributed by atoms with Gasteiger partial charge in [-0.2, -0.15) is 5.26 Å². The summed E-state index contributed by atoms with van der Waals surface area (Å²) < 4.78 is 5.09. The summed E-state index contributed by atoms with van der Waals surface area (Å²) in [4.78, 5) is 0. The van der Waals surface area contributed by atoms with E-state index in [1.54, 1.807) is 7.11 Å². The van der Waals surface area contributed by atoms with E-state index >= 15 is 0 Å². The van der Waals surface area contributed by atoms with Gasteiger partial charge in [-0.25, -0.2) is 0 Å². The van der Waals surface area contributed by atoms with Crippen LogP contribution < -0.4 is 10.1 Å². The lowest BCUT2D eigenvalue weighted by atomic mass is 10.2. The lowest BCUT2D eigenvalue weighted by molar-refractivity contribution is 0.415. The monoisotopic (exact) mass is 224 g/mol. The number of halogens is 1. The van der Waals surface area contributed by atoms with E-state index in [1.807, 2.05) is 19.1 Å². The SMILES string of the molecule is COc1cc(C)c(NCCC#N)cc1Cl. The summed E-state index contributed by atoms with van der Waals surface area (Å²) >= 11 is 5.98. The van der Waals surface area contributed by atoms with E-state index in [9.17, 15) is 0 Å². The average Bonchev–Trinajstić information content (AvgIpc) is 2.23. The van der Waals surface area contributed by atoms with E-state index in [-0.39, 0.29) is 0 Å². The van der Waals surface area contributed by atoms with Crippen molar-refractivity contribution in [3.8, 4) is 11.8 Å². The summed E-state index contributed by atoms with van der Waals surface area (Å²) in [5.41, 5.74) is 1.99. The molecule has 1 aromatic carbocycles. The highest BCUT2D eigenvalue weighted by Crippen LogP contribution is 2.30. The number of nitrogens with one attached hydrogen (secondary N) is 1. The molecule has 0 radical (unpaired) electrons. The Balaban J connectivity index is 2.81. The van der Waals surface area contributed by atoms with Gasteiger partial charge in [0, 0.05) is 12.2 Å². The fourth-order valence-corrected chi connectivity index (χ4v) is 1.50. The Kier molecular flexibility index (Phi) is 4.26. The van der Waals surface area contributed by atoms with Crippen molar-refractivity contribution in [1.82, 2.24) is 0 Å². The first kappa shape index (κ1) is 11.7. The molecule has 0 aliphatic heterocycles. The highest BCUT2D eigenvalue weighted by Gasteiger charge is 2.05. The minimum Gasteiger partial charge on any atom is -0.495 e. The number of benzene rings is 1. The van der Waals surface area contributed by atoms with Gasteiger partial charge in [-0.15, -0.1) is 0 Å². The van der Waals surface area contributed by atoms with Crippen molar-refractivity contribution in [1.29, 1.82) is 5.26 Å². The quantitative estimate of drug-likeness (QED) is 0.800. The van der Waals surface area contributed by atoms with Crippen LogP contribution in [0.4, 0.5) is 5.69 Å². The number of nitriles is 1. The molecule has 0 saturated carbocycles. The van der Waals surface area contributed by atoms with Crippen molar-refractivity contribution in [2.45, 2.75) is 13.3 Å². The first-order valence-corrected chi connectivity index (χ1v) is 5.01. The molecule has 0 amide bonds. The maximum absolute atomic E-state index is 8.41. The van der Waals surface area contributed by atoms with Crippen LogP contribution in [0.25, 0.3) is 0 Å². The van der Waals surface area contributed by atoms with Gasteiger partial charge in [0.1, 0.15) is 5.75 Å². The van der Waals surface area contributed by atoms with E-state index in [2.05, 4.69) is 11.4 Å². The van der Waals surface area contributed by atoms with Gasteiger partial charge in [0.25, 0.3) is 0 Å². The Labute approximate surface area is 94.6 Å². The fourth-order valence-electron chi connectivity index (χ4n) is 1.25. The van der Waals surface area contributed by atoms with E-state index in [0.29, 0.717) is 23.7 Å². The van der Waals surface area contributed by atoms with Gasteiger partial charge in [0.15, 0.2) is 0 Å². The standard InChI is InChI=1S/C11H13ClN2O/c1-8-6-11(15-2)9(12)7-10(8)14-5-3-4-13/h6-7,14H,3,5H2,1-2H3. The Bertz CT molecular complexity index is 385. The molecule has 3 nitrogen and oxygen atoms in total. The summed E-state index contributed by atoms with van der Waals surface area (Å²) in [6, 6.07) is 5.76. The molecule has 0 bridgehead atoms. The number of anilines is 1. The minimum absolute atomic E-state index is 0.475. The number of hydrogen-bond donors (Lipinski definition) is 1. The number of aryl methyl sites for hydroxylation is 1. The molecular weight excluding hydrogens is 212 g/mol. The Morgan fingerprint density at radius 3 is 2.87 bits per heavy atom. The maximum Gasteiger partial charge on any atom is 0.137 e. The molecule has 0 aromatic heterocycles. The number of rotatable bonds is 4. The molecular formula is C11H13ClN2O. The highest BCUT2D eigenvalue weighted by molar-refractivity contribution is 6.32. The van der Waals surface area contributed by atoms with Crippen molar-refractivity contribution < 1.29 is 4.74 Å². The normalized spacial score (nSPS) is 9.47. The zero-order valence-electron chi connectivity index (χ0n) is 8.80. The molecule has 1 aromatic rings. The number of nitrogens with zero attached hydrogens (tertiary/aromatic N) is 1. The van der Waals surface area contributed by atoms with Gasteiger partial charge in [0.05, 0.1) is 24.6 Å². The second kappa shape index (κ2) is 5.47. The van der Waals surface area contributed by atoms with Crippen LogP contribution in [0.2, 0.25) is 5.02 Å². The predicted molar refractivity (Wildman–Crippen MR) is 61.5 cm³/mol. The molecule has 0 aliphatic rings. The van der Waals surface area contributed by atoms with Crippen LogP contribution in [0.1, 0.15) is 12.0 Å². The van der Waals surface area contributed by atoms with Crippen LogP contribution in [0.5, 0.6) is 5.75 Å². The molecule has 80 valence electrons. The lowest BCUT2D eigenvalue weighted by Crippen LogP contribution is -2.02. The van der Waals surface area contributed by atoms with Crippen molar-refractivity contribution in [2.24, 2.45) is 0 Å². The fraction of sp³-hybridized carbons (Fsp3) is 0.364. The number of methoxy groups -OCH3 is 1. The summed E-state index contributed by atoms with van der Waals surface area (Å²) in [5.74, 6) is 0.667. The minimum atomic E-state index is 0.475. The van der Waals surface area contributed by atoms with Gasteiger partial charge in [-0.05, 0) is 24.6 Å². The zero-order valence-corrected chi connectivity index (χ0v) is 9.56. The predicted octanol–water partition coefficient (Wildman–Crippen LogP) is 2.98. The van der Waals surface area contributed by atoms with Crippen LogP contribution in [0.15, 0.2) is 12.1 Å². The van der Waals surface area contributed by atoms with Crippen LogP contribution in [0.3, 0.4) is 0 Å². The topological polar surface area (TPSA) is 45.0 Å². The van der Waals surface area contributed by atoms with E-state index in [0.717, 1.165) is 11.3 Å². The van der Waals surface area contributed by atoms with Gasteiger partial charge in [0.2, 0.25) is 0 Å². The summed E-state index contributed by atoms with van der Waals surface area (Å²) in [6.07, 6.45) is 0.475. The largest absolute Gasteiger partial charge is 0.495 e. The number of ether oxygens (including phenoxy) is 1. The Hall–Kier alpha value is -1.40. The van der Waals surface area contributed by atoms with Crippen LogP contribution >= 0.6 is 11.6 Å². The first-order chi connectivity index (χ1) is 7.19. The summed E-state index contributed by atoms with van der Waals surface area (Å²) in [5, 5.41) is 12.1. The average molecular weight is 225 g/mol. The third kappa shape index (κ3) is 3.03. The van der Waals surface area contributed by atoms with Gasteiger partial charge < -0.3 is 10.1 Å². The molecule has 0 spiro atoms. The van der Waals surface area contributed by atoms with E-state index < -0.39 is 0 Å². The highest BCUT2D eigenvalue weighted by atomic mass is 35.5. The summed E-state index contributed by atoms with van der Waals surface area (Å²) in [6.45, 7) is 2.59. The van der Waals surface area contributed by atoms with Crippen LogP contribution in [-0.2, 0) is 0 Å². The molecule has 15 heavy (non-hydrogen) atoms. The molecule has 4 heteroatoms. The molecule has 0 saturated heterocycles. The summed E-state index contributed by atoms with van der Waals surface area (Å²) in [7, 11) is 1.59. The second-order valence-corrected chi connectivity index (χ2v) is 3.54. The Morgan fingerprint density at radius 1 is 1.53 bits per heavy atom. The van der Waals surface area contributed by atoms with Gasteiger partial charge in [-0.3, -0.25) is 0 Å². The zero-order chi connectivity index (χ0) is 11.3. The first-order valence-electron chi connectivity index (χ1n) is 4.64. The third-order valence-corrected chi connectivity index (χ3v) is 2.35. The van der Waals surface area contributed by atoms with Crippen molar-refractivity contribution in [3.63, 3.8) is 0 Å². The van der Waals surface area contributed by atoms with Crippen LogP contribution in [0, 0.1) is 18.3 Å². The molecule has 1 rings (SSSR count). The van der Waals surface area contributed by atoms with Gasteiger partial charge in [-0.1, -0.05) is 11.6 Å². The van der Waals surface area contributed by atoms with Crippen molar-refractivity contribution in [3.05, 3.63) is 22.7 Å². The van der Waals surface area contributed by atoms with E-state index in [1.165, 1.54) is 0 Å². The molecule has 1 N–H and O–H groups in total. The van der Waals surface area contributed by atoms with E-state index in [4.69, 9.17) is 21.6 Å². The molecule has 0 fully saturated rings. The lowest BCUT2D eigenvalue weighted by Gasteiger charge is -2.11. The molecule has 0 heterocycles. The van der Waals surface area contributed by atoms with Crippen molar-refractivity contribution in [2.75, 3.05) is 19.0 Å². The number of hydrogen-bond acceptors (Lipinski definition) is 3. The van der Waals surface area contributed by atoms with Gasteiger partial charge >= 0.3 is 0 Å². The van der Waals surface area contributed by atoms with Crippen molar-refractivity contribution >= 4 is 17.3 Å².